The average molecular weight is 192 g/mol. The van der Waals surface area contributed by atoms with Crippen LogP contribution in [0.25, 0.3) is 0 Å². The van der Waals surface area contributed by atoms with E-state index < -0.39 is 0 Å². The molecule has 0 amide bonds. The number of nitrogens with zero attached hydrogens (tertiary/aromatic N) is 1. The lowest BCUT2D eigenvalue weighted by molar-refractivity contribution is 0.822. The lowest BCUT2D eigenvalue weighted by atomic mass is 10.1. The number of hydrogen-bond donors (Lipinski definition) is 1. The molecule has 1 aliphatic rings. The molecule has 1 aromatic rings. The van der Waals surface area contributed by atoms with Crippen molar-refractivity contribution in [3.05, 3.63) is 23.5 Å². The van der Waals surface area contributed by atoms with Gasteiger partial charge in [-0.1, -0.05) is 27.7 Å². The quantitative estimate of drug-likeness (QED) is 0.739. The zero-order valence-electron chi connectivity index (χ0n) is 9.59. The van der Waals surface area contributed by atoms with Crippen LogP contribution in [0, 0.1) is 0 Å². The predicted octanol–water partition coefficient (Wildman–Crippen LogP) is 3.20. The third-order valence-electron chi connectivity index (χ3n) is 2.31. The first-order chi connectivity index (χ1) is 6.77. The first-order valence-corrected chi connectivity index (χ1v) is 5.50. The van der Waals surface area contributed by atoms with E-state index in [1.165, 1.54) is 16.9 Å². The molecule has 0 saturated heterocycles. The molecular weight excluding hydrogens is 172 g/mol. The van der Waals surface area contributed by atoms with Crippen LogP contribution < -0.4 is 5.32 Å². The number of anilines is 1. The number of pyridine rings is 1. The van der Waals surface area contributed by atoms with E-state index in [1.807, 2.05) is 20.0 Å². The van der Waals surface area contributed by atoms with Gasteiger partial charge in [0.05, 0.1) is 0 Å². The van der Waals surface area contributed by atoms with Gasteiger partial charge < -0.3 is 5.32 Å². The van der Waals surface area contributed by atoms with Crippen LogP contribution in [0.15, 0.2) is 12.3 Å². The van der Waals surface area contributed by atoms with Crippen LogP contribution in [0.5, 0.6) is 0 Å². The van der Waals surface area contributed by atoms with Crippen molar-refractivity contribution in [2.45, 2.75) is 40.0 Å². The highest BCUT2D eigenvalue weighted by Crippen LogP contribution is 2.24. The van der Waals surface area contributed by atoms with Crippen LogP contribution in [0.3, 0.4) is 0 Å². The molecule has 0 aromatic carbocycles. The third-order valence-corrected chi connectivity index (χ3v) is 2.31. The minimum atomic E-state index is 0.526. The highest BCUT2D eigenvalue weighted by molar-refractivity contribution is 5.55. The van der Waals surface area contributed by atoms with E-state index in [0.717, 1.165) is 13.0 Å². The number of hydrogen-bond acceptors (Lipinski definition) is 2. The summed E-state index contributed by atoms with van der Waals surface area (Å²) < 4.78 is 0. The van der Waals surface area contributed by atoms with E-state index in [2.05, 4.69) is 30.2 Å². The molecule has 0 bridgehead atoms. The van der Waals surface area contributed by atoms with Crippen molar-refractivity contribution >= 4 is 5.69 Å². The van der Waals surface area contributed by atoms with Crippen molar-refractivity contribution in [3.63, 3.8) is 0 Å². The minimum Gasteiger partial charge on any atom is -0.384 e. The van der Waals surface area contributed by atoms with Crippen molar-refractivity contribution in [2.75, 3.05) is 11.9 Å². The summed E-state index contributed by atoms with van der Waals surface area (Å²) in [5.41, 5.74) is 3.83. The molecule has 14 heavy (non-hydrogen) atoms. The van der Waals surface area contributed by atoms with Crippen molar-refractivity contribution in [3.8, 4) is 0 Å². The first kappa shape index (κ1) is 11.0. The van der Waals surface area contributed by atoms with Crippen molar-refractivity contribution in [2.24, 2.45) is 0 Å². The van der Waals surface area contributed by atoms with E-state index in [9.17, 15) is 0 Å². The maximum Gasteiger partial charge on any atom is 0.0449 e. The Morgan fingerprint density at radius 1 is 1.36 bits per heavy atom. The molecule has 0 aliphatic carbocycles. The lowest BCUT2D eigenvalue weighted by Gasteiger charge is -2.06. The molecule has 2 rings (SSSR count). The zero-order chi connectivity index (χ0) is 10.6. The molecule has 1 aliphatic heterocycles. The largest absolute Gasteiger partial charge is 0.384 e. The van der Waals surface area contributed by atoms with Gasteiger partial charge in [0.15, 0.2) is 0 Å². The van der Waals surface area contributed by atoms with E-state index in [1.54, 1.807) is 0 Å². The van der Waals surface area contributed by atoms with Gasteiger partial charge in [-0.15, -0.1) is 0 Å². The Balaban J connectivity index is 0.000000461. The monoisotopic (exact) mass is 192 g/mol. The molecule has 2 heteroatoms. The number of rotatable bonds is 1. The summed E-state index contributed by atoms with van der Waals surface area (Å²) in [4.78, 5) is 4.41. The summed E-state index contributed by atoms with van der Waals surface area (Å²) >= 11 is 0. The Morgan fingerprint density at radius 2 is 2.07 bits per heavy atom. The standard InChI is InChI=1S/C10H14N2.C2H6/c1-7(2)9-5-10-8(6-12-9)3-4-11-10;1-2/h5-7,11H,3-4H2,1-2H3;1-2H3. The Labute approximate surface area is 86.8 Å². The van der Waals surface area contributed by atoms with Crippen LogP contribution in [-0.2, 0) is 6.42 Å². The summed E-state index contributed by atoms with van der Waals surface area (Å²) in [7, 11) is 0. The van der Waals surface area contributed by atoms with Crippen molar-refractivity contribution in [1.29, 1.82) is 0 Å². The molecule has 0 unspecified atom stereocenters. The smallest absolute Gasteiger partial charge is 0.0449 e. The Morgan fingerprint density at radius 3 is 2.71 bits per heavy atom. The predicted molar refractivity (Wildman–Crippen MR) is 61.9 cm³/mol. The summed E-state index contributed by atoms with van der Waals surface area (Å²) in [5.74, 6) is 0.526. The fourth-order valence-electron chi connectivity index (χ4n) is 1.51. The van der Waals surface area contributed by atoms with Gasteiger partial charge in [-0.25, -0.2) is 0 Å². The SMILES string of the molecule is CC.CC(C)c1cc2c(cn1)CCN2. The molecule has 0 fully saturated rings. The van der Waals surface area contributed by atoms with Crippen LogP contribution in [0.1, 0.15) is 44.9 Å². The Kier molecular flexibility index (Phi) is 3.93. The second-order valence-electron chi connectivity index (χ2n) is 3.60. The van der Waals surface area contributed by atoms with Gasteiger partial charge in [-0.3, -0.25) is 4.98 Å². The molecule has 2 nitrogen and oxygen atoms in total. The van der Waals surface area contributed by atoms with Gasteiger partial charge in [-0.05, 0) is 24.0 Å². The zero-order valence-corrected chi connectivity index (χ0v) is 9.59. The van der Waals surface area contributed by atoms with Crippen LogP contribution in [-0.4, -0.2) is 11.5 Å². The van der Waals surface area contributed by atoms with E-state index in [-0.39, 0.29) is 0 Å². The summed E-state index contributed by atoms with van der Waals surface area (Å²) in [6.45, 7) is 9.41. The summed E-state index contributed by atoms with van der Waals surface area (Å²) in [5, 5.41) is 3.36. The molecule has 1 aromatic heterocycles. The average Bonchev–Trinajstić information content (AvgIpc) is 2.67. The summed E-state index contributed by atoms with van der Waals surface area (Å²) in [6.07, 6.45) is 3.13. The van der Waals surface area contributed by atoms with Gasteiger partial charge >= 0.3 is 0 Å². The molecule has 1 N–H and O–H groups in total. The van der Waals surface area contributed by atoms with Crippen LogP contribution >= 0.6 is 0 Å². The second kappa shape index (κ2) is 4.99. The van der Waals surface area contributed by atoms with Gasteiger partial charge in [0.2, 0.25) is 0 Å². The Hall–Kier alpha value is -1.05. The summed E-state index contributed by atoms with van der Waals surface area (Å²) in [6, 6.07) is 2.17. The highest BCUT2D eigenvalue weighted by Gasteiger charge is 2.11. The minimum absolute atomic E-state index is 0.526. The third kappa shape index (κ3) is 2.25. The molecule has 0 radical (unpaired) electrons. The van der Waals surface area contributed by atoms with Gasteiger partial charge in [-0.2, -0.15) is 0 Å². The molecular formula is C12H20N2. The lowest BCUT2D eigenvalue weighted by Crippen LogP contribution is -1.94. The maximum atomic E-state index is 4.41. The van der Waals surface area contributed by atoms with Crippen molar-refractivity contribution in [1.82, 2.24) is 4.98 Å². The topological polar surface area (TPSA) is 24.9 Å². The second-order valence-corrected chi connectivity index (χ2v) is 3.60. The number of fused-ring (bicyclic) bond motifs is 1. The van der Waals surface area contributed by atoms with E-state index in [4.69, 9.17) is 0 Å². The first-order valence-electron chi connectivity index (χ1n) is 5.50. The van der Waals surface area contributed by atoms with Gasteiger partial charge in [0.1, 0.15) is 0 Å². The molecule has 0 saturated carbocycles. The van der Waals surface area contributed by atoms with Gasteiger partial charge in [0, 0.05) is 24.1 Å². The molecule has 2 heterocycles. The number of nitrogens with one attached hydrogen (secondary N) is 1. The number of aromatic nitrogens is 1. The van der Waals surface area contributed by atoms with Crippen molar-refractivity contribution < 1.29 is 0 Å². The molecule has 0 spiro atoms. The maximum absolute atomic E-state index is 4.41. The fourth-order valence-corrected chi connectivity index (χ4v) is 1.51. The normalized spacial score (nSPS) is 12.9. The van der Waals surface area contributed by atoms with Crippen LogP contribution in [0.4, 0.5) is 5.69 Å². The fraction of sp³-hybridized carbons (Fsp3) is 0.583. The van der Waals surface area contributed by atoms with Gasteiger partial charge in [0.25, 0.3) is 0 Å². The van der Waals surface area contributed by atoms with Crippen LogP contribution in [0.2, 0.25) is 0 Å². The Bertz CT molecular complexity index is 292. The molecule has 78 valence electrons. The van der Waals surface area contributed by atoms with E-state index >= 15 is 0 Å². The highest BCUT2D eigenvalue weighted by atomic mass is 14.9. The molecule has 0 atom stereocenters. The van der Waals surface area contributed by atoms with E-state index in [0.29, 0.717) is 5.92 Å².